The quantitative estimate of drug-likeness (QED) is 0.0310. The van der Waals surface area contributed by atoms with Crippen molar-refractivity contribution >= 4 is 122 Å². The molecule has 0 bridgehead atoms. The number of benzene rings is 10. The lowest BCUT2D eigenvalue weighted by atomic mass is 10.2. The smallest absolute Gasteiger partial charge is 0.707 e. The Bertz CT molecular complexity index is 3020. The van der Waals surface area contributed by atoms with Crippen LogP contribution in [0.15, 0.2) is 279 Å². The Morgan fingerprint density at radius 1 is 0.265 bits per heavy atom. The Labute approximate surface area is 503 Å². The van der Waals surface area contributed by atoms with Gasteiger partial charge in [-0.25, -0.2) is 0 Å². The zero-order valence-electron chi connectivity index (χ0n) is 43.9. The van der Waals surface area contributed by atoms with E-state index in [4.69, 9.17) is 85.7 Å². The fourth-order valence-electron chi connectivity index (χ4n) is 7.80. The van der Waals surface area contributed by atoms with E-state index in [9.17, 15) is 5.02 Å². The van der Waals surface area contributed by atoms with Gasteiger partial charge in [-0.05, 0) is 170 Å². The van der Waals surface area contributed by atoms with Gasteiger partial charge in [0.1, 0.15) is 17.2 Å². The van der Waals surface area contributed by atoms with Gasteiger partial charge >= 0.3 is 43.4 Å². The summed E-state index contributed by atoms with van der Waals surface area (Å²) in [5, 5.41) is 78.4. The van der Waals surface area contributed by atoms with Gasteiger partial charge in [0.25, 0.3) is 0 Å². The van der Waals surface area contributed by atoms with E-state index in [0.29, 0.717) is 43.1 Å². The highest BCUT2D eigenvalue weighted by Gasteiger charge is 2.44. The predicted molar refractivity (Wildman–Crippen MR) is 339 cm³/mol. The fourth-order valence-corrected chi connectivity index (χ4v) is 17.8. The van der Waals surface area contributed by atoms with Gasteiger partial charge in [0.05, 0.1) is 37.6 Å². The van der Waals surface area contributed by atoms with Gasteiger partial charge in [-0.1, -0.05) is 156 Å². The van der Waals surface area contributed by atoms with Gasteiger partial charge in [-0.2, -0.15) is 0 Å². The first-order chi connectivity index (χ1) is 40.1. The molecule has 0 aromatic heterocycles. The van der Waals surface area contributed by atoms with Crippen LogP contribution in [0.4, 0.5) is 0 Å². The van der Waals surface area contributed by atoms with Crippen LogP contribution in [0.25, 0.3) is 0 Å². The Hall–Kier alpha value is -6.93. The number of rotatable bonds is 14. The minimum absolute atomic E-state index is 0.303. The maximum atomic E-state index is 10.1. The number of hydrogen-bond acceptors (Lipinski definition) is 12. The lowest BCUT2D eigenvalue weighted by Gasteiger charge is -2.20. The number of halogens is 4. The zero-order valence-corrected chi connectivity index (χ0v) is 48.7. The third-order valence-corrected chi connectivity index (χ3v) is 20.7. The second-order valence-corrected chi connectivity index (χ2v) is 25.0. The van der Waals surface area contributed by atoms with Crippen LogP contribution in [0.2, 0.25) is 20.1 Å². The van der Waals surface area contributed by atoms with Crippen LogP contribution in [0, 0.1) is 0 Å². The highest BCUT2D eigenvalue weighted by atomic mass is 35.5. The lowest BCUT2D eigenvalue weighted by molar-refractivity contribution is -0.238. The first kappa shape index (κ1) is 65.2. The molecule has 0 saturated carbocycles. The summed E-state index contributed by atoms with van der Waals surface area (Å²) in [6.07, 6.45) is 0. The van der Waals surface area contributed by atoms with Crippen molar-refractivity contribution < 1.29 is 58.8 Å². The summed E-state index contributed by atoms with van der Waals surface area (Å²) in [6.45, 7) is 0. The Morgan fingerprint density at radius 3 is 0.590 bits per heavy atom. The Morgan fingerprint density at radius 2 is 0.434 bits per heavy atom. The molecule has 0 spiro atoms. The minimum Gasteiger partial charge on any atom is -0.820 e. The van der Waals surface area contributed by atoms with Crippen LogP contribution >= 0.6 is 60.5 Å². The third-order valence-electron chi connectivity index (χ3n) is 11.3. The van der Waals surface area contributed by atoms with Gasteiger partial charge < -0.3 is 58.8 Å². The summed E-state index contributed by atoms with van der Waals surface area (Å²) < 4.78 is 24.4. The minimum atomic E-state index is -2.50. The van der Waals surface area contributed by atoms with Crippen molar-refractivity contribution in [1.29, 1.82) is 0 Å². The summed E-state index contributed by atoms with van der Waals surface area (Å²) in [4.78, 5) is 0. The van der Waals surface area contributed by atoms with Crippen molar-refractivity contribution in [2.24, 2.45) is 0 Å². The standard InChI is InChI=1S/C36H30NP2.3C6H6BClO3.C6H5BClO3/c1-7-19-31(20-8-1)38(32-21-9-2-10-22-32,33-23-11-3-12-24-33)37-39(34-25-13-4-14-26-34,35-27-15-5-16-28-35)36-29-17-6-18-30-36;4*8-5-1-3-6(4-2-5)11-7(9)10/h1-30H;3*1-4,9-10H;1-4,9H/q+1;;;;-1. The molecule has 83 heavy (non-hydrogen) atoms. The first-order valence-electron chi connectivity index (χ1n) is 25.0. The molecule has 420 valence electrons. The zero-order chi connectivity index (χ0) is 59.5. The second kappa shape index (κ2) is 34.0. The second-order valence-electron chi connectivity index (χ2n) is 16.9. The average Bonchev–Trinajstić information content (AvgIpc) is 3.59. The summed E-state index contributed by atoms with van der Waals surface area (Å²) in [5.41, 5.74) is 0. The molecule has 0 radical (unpaired) electrons. The van der Waals surface area contributed by atoms with Crippen molar-refractivity contribution in [3.63, 3.8) is 0 Å². The fraction of sp³-hybridized carbons (Fsp3) is 0. The first-order valence-corrected chi connectivity index (χ1v) is 30.0. The monoisotopic (exact) mass is 1230 g/mol. The van der Waals surface area contributed by atoms with Crippen molar-refractivity contribution in [2.45, 2.75) is 0 Å². The van der Waals surface area contributed by atoms with Gasteiger partial charge in [0.15, 0.2) is 0 Å². The van der Waals surface area contributed by atoms with Crippen molar-refractivity contribution in [2.75, 3.05) is 0 Å². The van der Waals surface area contributed by atoms with Crippen molar-refractivity contribution in [1.82, 2.24) is 4.17 Å². The van der Waals surface area contributed by atoms with Crippen LogP contribution < -0.4 is 59.6 Å². The highest BCUT2D eigenvalue weighted by Crippen LogP contribution is 2.50. The molecular formula is C60H53B4Cl4NO12P2. The molecule has 0 fully saturated rings. The van der Waals surface area contributed by atoms with Gasteiger partial charge in [-0.15, -0.1) is 4.17 Å². The van der Waals surface area contributed by atoms with Crippen LogP contribution in [0.5, 0.6) is 23.0 Å². The Kier molecular flexibility index (Phi) is 26.7. The topological polar surface area (TPSA) is 216 Å². The van der Waals surface area contributed by atoms with E-state index in [-0.39, 0.29) is 0 Å². The molecule has 10 aromatic carbocycles. The maximum absolute atomic E-state index is 10.1. The van der Waals surface area contributed by atoms with Crippen LogP contribution in [0.1, 0.15) is 0 Å². The largest absolute Gasteiger partial charge is 0.820 e. The van der Waals surface area contributed by atoms with Crippen molar-refractivity contribution in [3.8, 4) is 23.0 Å². The number of nitrogens with zero attached hydrogens (tertiary/aromatic N) is 1. The number of hydrogen-bond donors (Lipinski definition) is 7. The normalized spacial score (nSPS) is 10.4. The van der Waals surface area contributed by atoms with Crippen LogP contribution in [-0.2, 0) is 0 Å². The summed E-state index contributed by atoms with van der Waals surface area (Å²) >= 11 is 22.3. The summed E-state index contributed by atoms with van der Waals surface area (Å²) in [5.74, 6) is 1.40. The Balaban J connectivity index is 0.000000203. The lowest BCUT2D eigenvalue weighted by Crippen LogP contribution is -2.37. The van der Waals surface area contributed by atoms with Gasteiger partial charge in [0, 0.05) is 20.1 Å². The molecule has 0 aliphatic heterocycles. The van der Waals surface area contributed by atoms with Crippen LogP contribution in [-0.4, -0.2) is 64.5 Å². The molecule has 0 atom stereocenters. The van der Waals surface area contributed by atoms with Crippen molar-refractivity contribution in [3.05, 3.63) is 299 Å². The predicted octanol–water partition coefficient (Wildman–Crippen LogP) is 8.53. The molecule has 0 aliphatic carbocycles. The molecule has 10 aromatic rings. The summed E-state index contributed by atoms with van der Waals surface area (Å²) in [6, 6.07) is 90.7. The van der Waals surface area contributed by atoms with E-state index < -0.39 is 43.4 Å². The average molecular weight is 1230 g/mol. The van der Waals surface area contributed by atoms with E-state index in [2.05, 4.69) is 201 Å². The molecule has 0 unspecified atom stereocenters. The van der Waals surface area contributed by atoms with Crippen LogP contribution in [0.3, 0.4) is 0 Å². The molecule has 0 aliphatic rings. The molecule has 0 amide bonds. The summed E-state index contributed by atoms with van der Waals surface area (Å²) in [7, 11) is -12.4. The third kappa shape index (κ3) is 20.7. The van der Waals surface area contributed by atoms with E-state index in [1.54, 1.807) is 84.9 Å². The molecule has 13 nitrogen and oxygen atoms in total. The maximum Gasteiger partial charge on any atom is 0.707 e. The SMILES string of the molecule is OB(O)Oc1ccc(Cl)cc1.OB(O)Oc1ccc(Cl)cc1.OB(O)Oc1ccc(Cl)cc1.[O-]B(O)Oc1ccc(Cl)cc1.c1ccc(P(=[N+]=P(c2ccccc2)(c2ccccc2)c2ccccc2)(c2ccccc2)c2ccccc2)cc1. The van der Waals surface area contributed by atoms with E-state index >= 15 is 0 Å². The molecule has 0 heterocycles. The van der Waals surface area contributed by atoms with E-state index in [0.717, 1.165) is 0 Å². The molecule has 10 rings (SSSR count). The molecule has 7 N–H and O–H groups in total. The van der Waals surface area contributed by atoms with E-state index in [1.165, 1.54) is 44.0 Å². The van der Waals surface area contributed by atoms with E-state index in [1.807, 2.05) is 0 Å². The highest BCUT2D eigenvalue weighted by molar-refractivity contribution is 7.93. The van der Waals surface area contributed by atoms with Gasteiger partial charge in [-0.3, -0.25) is 0 Å². The van der Waals surface area contributed by atoms with Gasteiger partial charge in [0.2, 0.25) is 0 Å². The molecular weight excluding hydrogens is 1170 g/mol. The molecule has 0 saturated heterocycles. The molecule has 23 heteroatoms.